The van der Waals surface area contributed by atoms with Crippen LogP contribution in [0.3, 0.4) is 0 Å². The summed E-state index contributed by atoms with van der Waals surface area (Å²) in [7, 11) is 1.61. The fourth-order valence-corrected chi connectivity index (χ4v) is 2.58. The molecule has 0 N–H and O–H groups in total. The van der Waals surface area contributed by atoms with Crippen molar-refractivity contribution in [2.24, 2.45) is 11.8 Å². The summed E-state index contributed by atoms with van der Waals surface area (Å²) in [5.74, 6) is 0.715. The van der Waals surface area contributed by atoms with Crippen LogP contribution in [0.4, 0.5) is 0 Å². The number of ketones is 2. The van der Waals surface area contributed by atoms with Crippen LogP contribution in [0.15, 0.2) is 30.3 Å². The summed E-state index contributed by atoms with van der Waals surface area (Å²) in [5.41, 5.74) is 0.897. The van der Waals surface area contributed by atoms with Gasteiger partial charge in [0.25, 0.3) is 0 Å². The third kappa shape index (κ3) is 4.28. The zero-order chi connectivity index (χ0) is 15.2. The molecule has 1 fully saturated rings. The molecule has 0 radical (unpaired) electrons. The van der Waals surface area contributed by atoms with Gasteiger partial charge in [-0.15, -0.1) is 0 Å². The van der Waals surface area contributed by atoms with E-state index in [0.29, 0.717) is 12.3 Å². The minimum absolute atomic E-state index is 0.0257. The van der Waals surface area contributed by atoms with Gasteiger partial charge < -0.3 is 4.74 Å². The Labute approximate surface area is 126 Å². The van der Waals surface area contributed by atoms with Crippen molar-refractivity contribution in [3.8, 4) is 5.75 Å². The number of rotatable bonds is 7. The number of carbonyl (C=O) groups is 2. The van der Waals surface area contributed by atoms with E-state index in [9.17, 15) is 9.59 Å². The molecule has 1 unspecified atom stereocenters. The molecule has 1 aromatic carbocycles. The zero-order valence-electron chi connectivity index (χ0n) is 12.7. The highest BCUT2D eigenvalue weighted by Gasteiger charge is 2.28. The Bertz CT molecular complexity index is 541. The molecule has 3 heteroatoms. The summed E-state index contributed by atoms with van der Waals surface area (Å²) in [6.07, 6.45) is 7.51. The number of benzene rings is 1. The minimum Gasteiger partial charge on any atom is -0.497 e. The Morgan fingerprint density at radius 2 is 2.14 bits per heavy atom. The van der Waals surface area contributed by atoms with Crippen molar-refractivity contribution in [3.63, 3.8) is 0 Å². The maximum absolute atomic E-state index is 12.2. The topological polar surface area (TPSA) is 43.4 Å². The van der Waals surface area contributed by atoms with E-state index < -0.39 is 5.92 Å². The van der Waals surface area contributed by atoms with Crippen molar-refractivity contribution in [1.82, 2.24) is 0 Å². The molecule has 0 spiro atoms. The van der Waals surface area contributed by atoms with Crippen molar-refractivity contribution in [2.75, 3.05) is 7.11 Å². The highest BCUT2D eigenvalue weighted by Crippen LogP contribution is 2.33. The molecule has 3 nitrogen and oxygen atoms in total. The Morgan fingerprint density at radius 3 is 2.71 bits per heavy atom. The average molecular weight is 286 g/mol. The molecule has 0 aromatic heterocycles. The van der Waals surface area contributed by atoms with Gasteiger partial charge in [-0.2, -0.15) is 0 Å². The van der Waals surface area contributed by atoms with Crippen LogP contribution in [0.25, 0.3) is 6.08 Å². The fraction of sp³-hybridized carbons (Fsp3) is 0.444. The second-order valence-electron chi connectivity index (χ2n) is 5.71. The van der Waals surface area contributed by atoms with Gasteiger partial charge in [0, 0.05) is 0 Å². The highest BCUT2D eigenvalue weighted by atomic mass is 16.5. The Balaban J connectivity index is 2.02. The molecule has 1 aliphatic carbocycles. The summed E-state index contributed by atoms with van der Waals surface area (Å²) in [4.78, 5) is 23.9. The van der Waals surface area contributed by atoms with Gasteiger partial charge in [-0.25, -0.2) is 0 Å². The van der Waals surface area contributed by atoms with Gasteiger partial charge >= 0.3 is 0 Å². The maximum Gasteiger partial charge on any atom is 0.166 e. The lowest BCUT2D eigenvalue weighted by molar-refractivity contribution is -0.129. The van der Waals surface area contributed by atoms with Gasteiger partial charge in [-0.05, 0) is 43.0 Å². The standard InChI is InChI=1S/C18H22O3/c1-13(19)17(12-14-5-3-6-14)18(20)10-9-15-7-4-8-16(11-15)21-2/h4,7-11,14,17H,3,5-6,12H2,1-2H3/b10-9+. The summed E-state index contributed by atoms with van der Waals surface area (Å²) in [6, 6.07) is 7.49. The number of methoxy groups -OCH3 is 1. The lowest BCUT2D eigenvalue weighted by atomic mass is 9.77. The molecule has 0 heterocycles. The maximum atomic E-state index is 12.2. The van der Waals surface area contributed by atoms with Crippen LogP contribution in [-0.4, -0.2) is 18.7 Å². The van der Waals surface area contributed by atoms with E-state index in [-0.39, 0.29) is 11.6 Å². The quantitative estimate of drug-likeness (QED) is 0.567. The molecule has 0 bridgehead atoms. The van der Waals surface area contributed by atoms with Crippen molar-refractivity contribution in [3.05, 3.63) is 35.9 Å². The molecule has 1 atom stereocenters. The van der Waals surface area contributed by atoms with Crippen LogP contribution in [0.2, 0.25) is 0 Å². The van der Waals surface area contributed by atoms with Crippen LogP contribution in [-0.2, 0) is 9.59 Å². The molecule has 0 saturated heterocycles. The van der Waals surface area contributed by atoms with Crippen LogP contribution >= 0.6 is 0 Å². The van der Waals surface area contributed by atoms with Gasteiger partial charge in [-0.3, -0.25) is 9.59 Å². The zero-order valence-corrected chi connectivity index (χ0v) is 12.7. The molecule has 1 saturated carbocycles. The largest absolute Gasteiger partial charge is 0.497 e. The summed E-state index contributed by atoms with van der Waals surface area (Å²) >= 11 is 0. The van der Waals surface area contributed by atoms with E-state index in [2.05, 4.69) is 0 Å². The molecule has 2 rings (SSSR count). The fourth-order valence-electron chi connectivity index (χ4n) is 2.58. The van der Waals surface area contributed by atoms with Crippen LogP contribution in [0.5, 0.6) is 5.75 Å². The van der Waals surface area contributed by atoms with Crippen LogP contribution in [0.1, 0.15) is 38.2 Å². The van der Waals surface area contributed by atoms with E-state index >= 15 is 0 Å². The summed E-state index contributed by atoms with van der Waals surface area (Å²) in [6.45, 7) is 1.51. The summed E-state index contributed by atoms with van der Waals surface area (Å²) < 4.78 is 5.15. The van der Waals surface area contributed by atoms with Gasteiger partial charge in [0.05, 0.1) is 13.0 Å². The van der Waals surface area contributed by atoms with E-state index in [1.807, 2.05) is 24.3 Å². The summed E-state index contributed by atoms with van der Waals surface area (Å²) in [5, 5.41) is 0. The Morgan fingerprint density at radius 1 is 1.38 bits per heavy atom. The average Bonchev–Trinajstić information content (AvgIpc) is 2.43. The third-order valence-corrected chi connectivity index (χ3v) is 4.16. The molecule has 1 aliphatic rings. The molecular formula is C18H22O3. The first-order valence-corrected chi connectivity index (χ1v) is 7.46. The van der Waals surface area contributed by atoms with Crippen molar-refractivity contribution in [1.29, 1.82) is 0 Å². The number of hydrogen-bond donors (Lipinski definition) is 0. The van der Waals surface area contributed by atoms with Crippen molar-refractivity contribution in [2.45, 2.75) is 32.6 Å². The molecular weight excluding hydrogens is 264 g/mol. The second kappa shape index (κ2) is 7.21. The number of ether oxygens (including phenoxy) is 1. The molecule has 1 aromatic rings. The number of hydrogen-bond acceptors (Lipinski definition) is 3. The van der Waals surface area contributed by atoms with E-state index in [1.54, 1.807) is 13.2 Å². The van der Waals surface area contributed by atoms with Crippen LogP contribution in [0, 0.1) is 11.8 Å². The lowest BCUT2D eigenvalue weighted by Gasteiger charge is -2.27. The predicted octanol–water partition coefficient (Wildman–Crippen LogP) is 3.67. The lowest BCUT2D eigenvalue weighted by Crippen LogP contribution is -2.26. The highest BCUT2D eigenvalue weighted by molar-refractivity contribution is 6.08. The van der Waals surface area contributed by atoms with Crippen molar-refractivity contribution < 1.29 is 14.3 Å². The third-order valence-electron chi connectivity index (χ3n) is 4.16. The molecule has 0 amide bonds. The van der Waals surface area contributed by atoms with Crippen LogP contribution < -0.4 is 4.74 Å². The minimum atomic E-state index is -0.475. The molecule has 112 valence electrons. The first kappa shape index (κ1) is 15.5. The molecule has 0 aliphatic heterocycles. The van der Waals surface area contributed by atoms with Gasteiger partial charge in [0.1, 0.15) is 11.5 Å². The SMILES string of the molecule is COc1cccc(/C=C/C(=O)C(CC2CCC2)C(C)=O)c1. The molecule has 21 heavy (non-hydrogen) atoms. The van der Waals surface area contributed by atoms with E-state index in [4.69, 9.17) is 4.74 Å². The van der Waals surface area contributed by atoms with E-state index in [1.165, 1.54) is 19.4 Å². The predicted molar refractivity (Wildman–Crippen MR) is 83.2 cm³/mol. The Hall–Kier alpha value is -1.90. The number of Topliss-reactive ketones (excluding diaryl/α,β-unsaturated/α-hetero) is 1. The van der Waals surface area contributed by atoms with Gasteiger partial charge in [-0.1, -0.05) is 37.5 Å². The Kier molecular flexibility index (Phi) is 5.32. The van der Waals surface area contributed by atoms with Crippen molar-refractivity contribution >= 4 is 17.6 Å². The van der Waals surface area contributed by atoms with E-state index in [0.717, 1.165) is 24.2 Å². The second-order valence-corrected chi connectivity index (χ2v) is 5.71. The first-order valence-electron chi connectivity index (χ1n) is 7.46. The van der Waals surface area contributed by atoms with Gasteiger partial charge in [0.15, 0.2) is 5.78 Å². The number of allylic oxidation sites excluding steroid dienone is 1. The normalized spacial score (nSPS) is 16.5. The van der Waals surface area contributed by atoms with Gasteiger partial charge in [0.2, 0.25) is 0 Å². The monoisotopic (exact) mass is 286 g/mol. The smallest absolute Gasteiger partial charge is 0.166 e. The number of carbonyl (C=O) groups excluding carboxylic acids is 2. The first-order chi connectivity index (χ1) is 10.1.